The van der Waals surface area contributed by atoms with Crippen molar-refractivity contribution in [3.63, 3.8) is 0 Å². The van der Waals surface area contributed by atoms with Gasteiger partial charge in [-0.15, -0.1) is 11.3 Å². The molecule has 1 unspecified atom stereocenters. The Morgan fingerprint density at radius 1 is 1.48 bits per heavy atom. The lowest BCUT2D eigenvalue weighted by atomic mass is 10.1. The SMILES string of the molecule is O=C(Nc1ncc(Cc2ccccc2F)s1)C1CCCN1. The van der Waals surface area contributed by atoms with Gasteiger partial charge >= 0.3 is 0 Å². The van der Waals surface area contributed by atoms with Gasteiger partial charge in [-0.3, -0.25) is 4.79 Å². The Morgan fingerprint density at radius 2 is 2.33 bits per heavy atom. The van der Waals surface area contributed by atoms with Crippen LogP contribution in [0.4, 0.5) is 9.52 Å². The third-order valence-electron chi connectivity index (χ3n) is 3.48. The number of amides is 1. The van der Waals surface area contributed by atoms with Crippen molar-refractivity contribution in [2.24, 2.45) is 0 Å². The molecule has 6 heteroatoms. The zero-order valence-electron chi connectivity index (χ0n) is 11.4. The number of hydrogen-bond donors (Lipinski definition) is 2. The van der Waals surface area contributed by atoms with Gasteiger partial charge < -0.3 is 10.6 Å². The molecule has 0 spiro atoms. The predicted octanol–water partition coefficient (Wildman–Crippen LogP) is 2.56. The van der Waals surface area contributed by atoms with Crippen LogP contribution in [-0.4, -0.2) is 23.5 Å². The summed E-state index contributed by atoms with van der Waals surface area (Å²) in [5, 5.41) is 6.53. The van der Waals surface area contributed by atoms with E-state index >= 15 is 0 Å². The van der Waals surface area contributed by atoms with E-state index in [1.165, 1.54) is 17.4 Å². The van der Waals surface area contributed by atoms with Gasteiger partial charge in [-0.2, -0.15) is 0 Å². The van der Waals surface area contributed by atoms with E-state index in [4.69, 9.17) is 0 Å². The first-order valence-corrected chi connectivity index (χ1v) is 7.76. The number of benzene rings is 1. The van der Waals surface area contributed by atoms with Crippen LogP contribution < -0.4 is 10.6 Å². The standard InChI is InChI=1S/C15H16FN3OS/c16-12-5-2-1-4-10(12)8-11-9-18-15(21-11)19-14(20)13-6-3-7-17-13/h1-2,4-5,9,13,17H,3,6-8H2,(H,18,19,20). The van der Waals surface area contributed by atoms with Crippen LogP contribution >= 0.6 is 11.3 Å². The monoisotopic (exact) mass is 305 g/mol. The van der Waals surface area contributed by atoms with Crippen LogP contribution in [0.5, 0.6) is 0 Å². The average Bonchev–Trinajstić information content (AvgIpc) is 3.13. The fourth-order valence-corrected chi connectivity index (χ4v) is 3.22. The molecule has 2 aromatic rings. The molecule has 21 heavy (non-hydrogen) atoms. The first-order chi connectivity index (χ1) is 10.2. The van der Waals surface area contributed by atoms with Gasteiger partial charge in [0.1, 0.15) is 5.82 Å². The van der Waals surface area contributed by atoms with E-state index in [0.29, 0.717) is 17.1 Å². The molecule has 4 nitrogen and oxygen atoms in total. The molecular formula is C15H16FN3OS. The Morgan fingerprint density at radius 3 is 3.10 bits per heavy atom. The molecule has 1 aliphatic heterocycles. The van der Waals surface area contributed by atoms with Crippen molar-refractivity contribution in [2.75, 3.05) is 11.9 Å². The number of thiazole rings is 1. The summed E-state index contributed by atoms with van der Waals surface area (Å²) in [6.07, 6.45) is 4.06. The van der Waals surface area contributed by atoms with E-state index in [2.05, 4.69) is 15.6 Å². The summed E-state index contributed by atoms with van der Waals surface area (Å²) in [4.78, 5) is 17.1. The van der Waals surface area contributed by atoms with Crippen LogP contribution in [0.15, 0.2) is 30.5 Å². The van der Waals surface area contributed by atoms with Crippen LogP contribution in [0.3, 0.4) is 0 Å². The third kappa shape index (κ3) is 3.46. The molecule has 1 saturated heterocycles. The maximum Gasteiger partial charge on any atom is 0.243 e. The number of carbonyl (C=O) groups excluding carboxylic acids is 1. The van der Waals surface area contributed by atoms with Crippen molar-refractivity contribution in [3.05, 3.63) is 46.7 Å². The summed E-state index contributed by atoms with van der Waals surface area (Å²) >= 11 is 1.39. The lowest BCUT2D eigenvalue weighted by Crippen LogP contribution is -2.35. The number of carbonyl (C=O) groups is 1. The Balaban J connectivity index is 1.63. The number of rotatable bonds is 4. The fraction of sp³-hybridized carbons (Fsp3) is 0.333. The third-order valence-corrected chi connectivity index (χ3v) is 4.40. The van der Waals surface area contributed by atoms with Gasteiger partial charge in [-0.05, 0) is 31.0 Å². The van der Waals surface area contributed by atoms with Gasteiger partial charge in [0.25, 0.3) is 0 Å². The molecule has 1 amide bonds. The molecule has 3 rings (SSSR count). The Bertz CT molecular complexity index is 637. The van der Waals surface area contributed by atoms with Gasteiger partial charge in [0.2, 0.25) is 5.91 Å². The fourth-order valence-electron chi connectivity index (χ4n) is 2.38. The first-order valence-electron chi connectivity index (χ1n) is 6.95. The molecule has 0 saturated carbocycles. The number of hydrogen-bond acceptors (Lipinski definition) is 4. The molecule has 1 aromatic carbocycles. The van der Waals surface area contributed by atoms with Gasteiger partial charge in [-0.1, -0.05) is 18.2 Å². The summed E-state index contributed by atoms with van der Waals surface area (Å²) in [5.41, 5.74) is 0.636. The topological polar surface area (TPSA) is 54.0 Å². The molecule has 0 aliphatic carbocycles. The van der Waals surface area contributed by atoms with Crippen molar-refractivity contribution in [1.29, 1.82) is 0 Å². The van der Waals surface area contributed by atoms with Crippen molar-refractivity contribution in [3.8, 4) is 0 Å². The predicted molar refractivity (Wildman–Crippen MR) is 81.0 cm³/mol. The highest BCUT2D eigenvalue weighted by atomic mass is 32.1. The highest BCUT2D eigenvalue weighted by Gasteiger charge is 2.22. The highest BCUT2D eigenvalue weighted by Crippen LogP contribution is 2.22. The minimum absolute atomic E-state index is 0.0423. The number of halogens is 1. The second-order valence-electron chi connectivity index (χ2n) is 5.04. The molecule has 1 fully saturated rings. The van der Waals surface area contributed by atoms with Gasteiger partial charge in [0, 0.05) is 17.5 Å². The maximum atomic E-state index is 13.6. The second-order valence-corrected chi connectivity index (χ2v) is 6.15. The van der Waals surface area contributed by atoms with E-state index in [9.17, 15) is 9.18 Å². The van der Waals surface area contributed by atoms with Crippen molar-refractivity contribution < 1.29 is 9.18 Å². The number of aromatic nitrogens is 1. The summed E-state index contributed by atoms with van der Waals surface area (Å²) in [7, 11) is 0. The summed E-state index contributed by atoms with van der Waals surface area (Å²) in [6, 6.07) is 6.57. The number of anilines is 1. The highest BCUT2D eigenvalue weighted by molar-refractivity contribution is 7.15. The minimum atomic E-state index is -0.216. The Labute approximate surface area is 126 Å². The zero-order valence-corrected chi connectivity index (χ0v) is 12.3. The quantitative estimate of drug-likeness (QED) is 0.913. The second kappa shape index (κ2) is 6.32. The van der Waals surface area contributed by atoms with Crippen LogP contribution in [0.1, 0.15) is 23.3 Å². The normalized spacial score (nSPS) is 17.9. The van der Waals surface area contributed by atoms with Crippen LogP contribution in [0.25, 0.3) is 0 Å². The summed E-state index contributed by atoms with van der Waals surface area (Å²) in [6.45, 7) is 0.883. The molecule has 1 aromatic heterocycles. The van der Waals surface area contributed by atoms with E-state index in [0.717, 1.165) is 24.3 Å². The Hall–Kier alpha value is -1.79. The van der Waals surface area contributed by atoms with E-state index in [1.807, 2.05) is 6.07 Å². The van der Waals surface area contributed by atoms with Crippen LogP contribution in [0.2, 0.25) is 0 Å². The molecule has 110 valence electrons. The Kier molecular flexibility index (Phi) is 4.26. The maximum absolute atomic E-state index is 13.6. The van der Waals surface area contributed by atoms with Crippen molar-refractivity contribution >= 4 is 22.4 Å². The molecule has 2 N–H and O–H groups in total. The van der Waals surface area contributed by atoms with Gasteiger partial charge in [0.15, 0.2) is 5.13 Å². The smallest absolute Gasteiger partial charge is 0.243 e. The van der Waals surface area contributed by atoms with Gasteiger partial charge in [0.05, 0.1) is 6.04 Å². The lowest BCUT2D eigenvalue weighted by molar-refractivity contribution is -0.117. The largest absolute Gasteiger partial charge is 0.306 e. The van der Waals surface area contributed by atoms with Crippen LogP contribution in [0, 0.1) is 5.82 Å². The molecule has 1 aliphatic rings. The molecule has 2 heterocycles. The minimum Gasteiger partial charge on any atom is -0.306 e. The average molecular weight is 305 g/mol. The van der Waals surface area contributed by atoms with E-state index < -0.39 is 0 Å². The first kappa shape index (κ1) is 14.2. The van der Waals surface area contributed by atoms with E-state index in [-0.39, 0.29) is 17.8 Å². The molecule has 1 atom stereocenters. The summed E-state index contributed by atoms with van der Waals surface area (Å²) in [5.74, 6) is -0.258. The van der Waals surface area contributed by atoms with E-state index in [1.54, 1.807) is 18.3 Å². The van der Waals surface area contributed by atoms with Crippen LogP contribution in [-0.2, 0) is 11.2 Å². The molecule has 0 bridgehead atoms. The zero-order chi connectivity index (χ0) is 14.7. The number of nitrogens with zero attached hydrogens (tertiary/aromatic N) is 1. The van der Waals surface area contributed by atoms with Crippen molar-refractivity contribution in [1.82, 2.24) is 10.3 Å². The molecular weight excluding hydrogens is 289 g/mol. The van der Waals surface area contributed by atoms with Gasteiger partial charge in [-0.25, -0.2) is 9.37 Å². The number of nitrogens with one attached hydrogen (secondary N) is 2. The summed E-state index contributed by atoms with van der Waals surface area (Å²) < 4.78 is 13.6. The molecule has 0 radical (unpaired) electrons. The lowest BCUT2D eigenvalue weighted by Gasteiger charge is -2.08. The van der Waals surface area contributed by atoms with Crippen molar-refractivity contribution in [2.45, 2.75) is 25.3 Å².